The summed E-state index contributed by atoms with van der Waals surface area (Å²) in [6.07, 6.45) is 4.18. The largest absolute Gasteiger partial charge is 0.341 e. The molecule has 0 radical (unpaired) electrons. The summed E-state index contributed by atoms with van der Waals surface area (Å²) in [5.41, 5.74) is 1.50. The molecule has 1 N–H and O–H groups in total. The Labute approximate surface area is 174 Å². The van der Waals surface area contributed by atoms with Crippen molar-refractivity contribution in [3.63, 3.8) is 0 Å². The predicted molar refractivity (Wildman–Crippen MR) is 109 cm³/mol. The highest BCUT2D eigenvalue weighted by molar-refractivity contribution is 5.94. The van der Waals surface area contributed by atoms with Crippen LogP contribution in [0.5, 0.6) is 0 Å². The van der Waals surface area contributed by atoms with Crippen LogP contribution in [0.2, 0.25) is 0 Å². The Hall–Kier alpha value is -3.49. The van der Waals surface area contributed by atoms with Gasteiger partial charge in [-0.3, -0.25) is 19.4 Å². The van der Waals surface area contributed by atoms with E-state index in [1.807, 2.05) is 42.2 Å². The maximum absolute atomic E-state index is 13.2. The maximum Gasteiger partial charge on any atom is 0.257 e. The van der Waals surface area contributed by atoms with Crippen LogP contribution < -0.4 is 0 Å². The zero-order chi connectivity index (χ0) is 21.1. The fraction of sp³-hybridized carbons (Fsp3) is 0.381. The Bertz CT molecular complexity index is 1030. The molecule has 1 aromatic carbocycles. The van der Waals surface area contributed by atoms with Crippen LogP contribution in [0.1, 0.15) is 40.0 Å². The highest BCUT2D eigenvalue weighted by atomic mass is 16.2. The van der Waals surface area contributed by atoms with Crippen molar-refractivity contribution in [3.05, 3.63) is 65.5 Å². The molecule has 0 bridgehead atoms. The Morgan fingerprint density at radius 3 is 2.63 bits per heavy atom. The van der Waals surface area contributed by atoms with Crippen LogP contribution >= 0.6 is 0 Å². The van der Waals surface area contributed by atoms with Crippen molar-refractivity contribution in [2.45, 2.75) is 25.8 Å². The third-order valence-electron chi connectivity index (χ3n) is 5.34. The normalized spacial score (nSPS) is 17.1. The number of aromatic amines is 1. The Morgan fingerprint density at radius 2 is 1.97 bits per heavy atom. The zero-order valence-electron chi connectivity index (χ0n) is 17.2. The number of amides is 2. The molecular formula is C21H25N7O2. The predicted octanol–water partition coefficient (Wildman–Crippen LogP) is 1.51. The molecule has 1 atom stereocenters. The number of nitrogens with zero attached hydrogens (tertiary/aromatic N) is 6. The van der Waals surface area contributed by atoms with Gasteiger partial charge in [-0.15, -0.1) is 0 Å². The lowest BCUT2D eigenvalue weighted by Crippen LogP contribution is -2.39. The van der Waals surface area contributed by atoms with Gasteiger partial charge in [0.05, 0.1) is 24.2 Å². The third kappa shape index (κ3) is 4.24. The molecule has 4 rings (SSSR count). The molecule has 1 aliphatic rings. The second kappa shape index (κ2) is 8.48. The second-order valence-electron chi connectivity index (χ2n) is 7.53. The lowest BCUT2D eigenvalue weighted by Gasteiger charge is -2.27. The Morgan fingerprint density at radius 1 is 1.17 bits per heavy atom. The SMILES string of the molecule is Cc1nc(C2CCN(C(=O)Cc3ccccc3)CCN2C(=O)c2cnn(C)c2)n[nH]1. The summed E-state index contributed by atoms with van der Waals surface area (Å²) in [7, 11) is 1.78. The molecule has 2 amide bonds. The fourth-order valence-corrected chi connectivity index (χ4v) is 3.78. The van der Waals surface area contributed by atoms with Crippen molar-refractivity contribution in [1.29, 1.82) is 0 Å². The summed E-state index contributed by atoms with van der Waals surface area (Å²) >= 11 is 0. The molecule has 30 heavy (non-hydrogen) atoms. The van der Waals surface area contributed by atoms with Crippen molar-refractivity contribution in [2.75, 3.05) is 19.6 Å². The number of H-pyrrole nitrogens is 1. The molecule has 1 fully saturated rings. The quantitative estimate of drug-likeness (QED) is 0.707. The minimum atomic E-state index is -0.308. The molecular weight excluding hydrogens is 382 g/mol. The van der Waals surface area contributed by atoms with Crippen molar-refractivity contribution in [2.24, 2.45) is 7.05 Å². The number of hydrogen-bond acceptors (Lipinski definition) is 5. The number of aromatic nitrogens is 5. The lowest BCUT2D eigenvalue weighted by atomic mass is 10.1. The molecule has 1 unspecified atom stereocenters. The van der Waals surface area contributed by atoms with Crippen molar-refractivity contribution in [1.82, 2.24) is 34.8 Å². The van der Waals surface area contributed by atoms with Crippen molar-refractivity contribution >= 4 is 11.8 Å². The smallest absolute Gasteiger partial charge is 0.257 e. The van der Waals surface area contributed by atoms with E-state index in [1.165, 1.54) is 0 Å². The number of carbonyl (C=O) groups excluding carboxylic acids is 2. The molecule has 2 aromatic heterocycles. The van der Waals surface area contributed by atoms with Crippen LogP contribution in [0.4, 0.5) is 0 Å². The standard InChI is InChI=1S/C21H25N7O2/c1-15-23-20(25-24-15)18-8-9-27(19(29)12-16-6-4-3-5-7-16)10-11-28(18)21(30)17-13-22-26(2)14-17/h3-7,13-14,18H,8-12H2,1-2H3,(H,23,24,25). The zero-order valence-corrected chi connectivity index (χ0v) is 17.2. The van der Waals surface area contributed by atoms with Crippen LogP contribution in [0, 0.1) is 6.92 Å². The highest BCUT2D eigenvalue weighted by Gasteiger charge is 2.33. The summed E-state index contributed by atoms with van der Waals surface area (Å²) in [5, 5.41) is 11.3. The van der Waals surface area contributed by atoms with Gasteiger partial charge in [-0.2, -0.15) is 10.2 Å². The van der Waals surface area contributed by atoms with Crippen molar-refractivity contribution in [3.8, 4) is 0 Å². The molecule has 0 aliphatic carbocycles. The minimum absolute atomic E-state index is 0.0572. The molecule has 1 aliphatic heterocycles. The average molecular weight is 407 g/mol. The number of nitrogens with one attached hydrogen (secondary N) is 1. The van der Waals surface area contributed by atoms with E-state index in [2.05, 4.69) is 20.3 Å². The Kier molecular flexibility index (Phi) is 5.60. The van der Waals surface area contributed by atoms with Gasteiger partial charge >= 0.3 is 0 Å². The number of benzene rings is 1. The van der Waals surface area contributed by atoms with Crippen molar-refractivity contribution < 1.29 is 9.59 Å². The van der Waals surface area contributed by atoms with Gasteiger partial charge in [-0.05, 0) is 18.9 Å². The van der Waals surface area contributed by atoms with E-state index in [9.17, 15) is 9.59 Å². The molecule has 3 heterocycles. The number of hydrogen-bond donors (Lipinski definition) is 1. The van der Waals surface area contributed by atoms with Gasteiger partial charge in [0.15, 0.2) is 5.82 Å². The molecule has 0 spiro atoms. The van der Waals surface area contributed by atoms with Gasteiger partial charge in [0.25, 0.3) is 5.91 Å². The van der Waals surface area contributed by atoms with Crippen LogP contribution in [-0.4, -0.2) is 66.2 Å². The van der Waals surface area contributed by atoms with E-state index in [-0.39, 0.29) is 17.9 Å². The van der Waals surface area contributed by atoms with Gasteiger partial charge in [-0.25, -0.2) is 4.98 Å². The van der Waals surface area contributed by atoms with Gasteiger partial charge in [0, 0.05) is 32.9 Å². The molecule has 9 heteroatoms. The van der Waals surface area contributed by atoms with Crippen LogP contribution in [-0.2, 0) is 18.3 Å². The lowest BCUT2D eigenvalue weighted by molar-refractivity contribution is -0.130. The van der Waals surface area contributed by atoms with Gasteiger partial charge in [-0.1, -0.05) is 30.3 Å². The second-order valence-corrected chi connectivity index (χ2v) is 7.53. The van der Waals surface area contributed by atoms with E-state index >= 15 is 0 Å². The van der Waals surface area contributed by atoms with E-state index in [4.69, 9.17) is 0 Å². The summed E-state index contributed by atoms with van der Waals surface area (Å²) in [6.45, 7) is 3.25. The average Bonchev–Trinajstić information content (AvgIpc) is 3.30. The van der Waals surface area contributed by atoms with E-state index < -0.39 is 0 Å². The number of rotatable bonds is 4. The van der Waals surface area contributed by atoms with Crippen LogP contribution in [0.15, 0.2) is 42.7 Å². The summed E-state index contributed by atoms with van der Waals surface area (Å²) < 4.78 is 1.60. The monoisotopic (exact) mass is 407 g/mol. The maximum atomic E-state index is 13.2. The molecule has 156 valence electrons. The molecule has 3 aromatic rings. The minimum Gasteiger partial charge on any atom is -0.341 e. The van der Waals surface area contributed by atoms with Crippen LogP contribution in [0.25, 0.3) is 0 Å². The Balaban J connectivity index is 1.55. The van der Waals surface area contributed by atoms with Gasteiger partial charge < -0.3 is 9.80 Å². The summed E-state index contributed by atoms with van der Waals surface area (Å²) in [4.78, 5) is 34.2. The first-order valence-corrected chi connectivity index (χ1v) is 10.0. The molecule has 1 saturated heterocycles. The van der Waals surface area contributed by atoms with Crippen LogP contribution in [0.3, 0.4) is 0 Å². The number of aryl methyl sites for hydroxylation is 2. The highest BCUT2D eigenvalue weighted by Crippen LogP contribution is 2.26. The summed E-state index contributed by atoms with van der Waals surface area (Å²) in [5.74, 6) is 1.19. The first-order valence-electron chi connectivity index (χ1n) is 10.0. The van der Waals surface area contributed by atoms with E-state index in [0.29, 0.717) is 49.7 Å². The first-order chi connectivity index (χ1) is 14.5. The molecule has 9 nitrogen and oxygen atoms in total. The van der Waals surface area contributed by atoms with Gasteiger partial charge in [0.1, 0.15) is 5.82 Å². The first kappa shape index (κ1) is 19.8. The summed E-state index contributed by atoms with van der Waals surface area (Å²) in [6, 6.07) is 9.39. The topological polar surface area (TPSA) is 100 Å². The number of carbonyl (C=O) groups is 2. The van der Waals surface area contributed by atoms with E-state index in [1.54, 1.807) is 29.0 Å². The fourth-order valence-electron chi connectivity index (χ4n) is 3.78. The van der Waals surface area contributed by atoms with Gasteiger partial charge in [0.2, 0.25) is 5.91 Å². The third-order valence-corrected chi connectivity index (χ3v) is 5.34. The van der Waals surface area contributed by atoms with E-state index in [0.717, 1.165) is 5.56 Å². The molecule has 0 saturated carbocycles.